The van der Waals surface area contributed by atoms with Gasteiger partial charge in [0, 0.05) is 19.6 Å². The molecule has 2 N–H and O–H groups in total. The van der Waals surface area contributed by atoms with E-state index < -0.39 is 6.09 Å². The van der Waals surface area contributed by atoms with Gasteiger partial charge >= 0.3 is 6.09 Å². The third kappa shape index (κ3) is 2.97. The topological polar surface area (TPSA) is 55.6 Å². The van der Waals surface area contributed by atoms with Gasteiger partial charge in [0.25, 0.3) is 0 Å². The molecule has 0 spiro atoms. The number of benzene rings is 1. The Labute approximate surface area is 95.0 Å². The van der Waals surface area contributed by atoms with Gasteiger partial charge in [0.2, 0.25) is 0 Å². The summed E-state index contributed by atoms with van der Waals surface area (Å²) in [5.74, 6) is 0. The number of carbonyl (C=O) groups excluding carboxylic acids is 1. The van der Waals surface area contributed by atoms with Crippen molar-refractivity contribution in [1.82, 2.24) is 4.90 Å². The molecule has 0 bridgehead atoms. The summed E-state index contributed by atoms with van der Waals surface area (Å²) in [6.07, 6.45) is 0.156. The van der Waals surface area contributed by atoms with E-state index >= 15 is 0 Å². The van der Waals surface area contributed by atoms with Crippen LogP contribution < -0.4 is 5.73 Å². The molecule has 1 fully saturated rings. The van der Waals surface area contributed by atoms with Gasteiger partial charge in [0.05, 0.1) is 0 Å². The van der Waals surface area contributed by atoms with Gasteiger partial charge < -0.3 is 10.5 Å². The van der Waals surface area contributed by atoms with Crippen molar-refractivity contribution < 1.29 is 9.53 Å². The van der Waals surface area contributed by atoms with Gasteiger partial charge in [-0.15, -0.1) is 0 Å². The maximum absolute atomic E-state index is 10.6. The van der Waals surface area contributed by atoms with E-state index in [2.05, 4.69) is 17.0 Å². The van der Waals surface area contributed by atoms with Crippen molar-refractivity contribution in [2.75, 3.05) is 13.1 Å². The van der Waals surface area contributed by atoms with Crippen LogP contribution >= 0.6 is 0 Å². The van der Waals surface area contributed by atoms with E-state index in [4.69, 9.17) is 10.5 Å². The average molecular weight is 220 g/mol. The Balaban J connectivity index is 1.83. The zero-order chi connectivity index (χ0) is 11.4. The van der Waals surface area contributed by atoms with Crippen LogP contribution in [-0.2, 0) is 11.3 Å². The number of nitrogens with zero attached hydrogens (tertiary/aromatic N) is 1. The fourth-order valence-corrected chi connectivity index (χ4v) is 2.04. The highest BCUT2D eigenvalue weighted by atomic mass is 16.6. The summed E-state index contributed by atoms with van der Waals surface area (Å²) in [5.41, 5.74) is 6.27. The molecular formula is C12H16N2O2. The minimum Gasteiger partial charge on any atom is -0.445 e. The van der Waals surface area contributed by atoms with Gasteiger partial charge in [0.15, 0.2) is 0 Å². The summed E-state index contributed by atoms with van der Waals surface area (Å²) in [6, 6.07) is 10.3. The molecule has 1 amide bonds. The highest BCUT2D eigenvalue weighted by molar-refractivity contribution is 5.64. The van der Waals surface area contributed by atoms with Crippen LogP contribution in [0.5, 0.6) is 0 Å². The Kier molecular flexibility index (Phi) is 3.41. The first-order valence-corrected chi connectivity index (χ1v) is 5.46. The van der Waals surface area contributed by atoms with Gasteiger partial charge in [-0.05, 0) is 12.0 Å². The first kappa shape index (κ1) is 11.0. The second-order valence-electron chi connectivity index (χ2n) is 4.07. The highest BCUT2D eigenvalue weighted by Crippen LogP contribution is 2.15. The molecule has 0 unspecified atom stereocenters. The highest BCUT2D eigenvalue weighted by Gasteiger charge is 2.24. The summed E-state index contributed by atoms with van der Waals surface area (Å²) in [5, 5.41) is 0. The molecule has 1 heterocycles. The van der Waals surface area contributed by atoms with E-state index in [-0.39, 0.29) is 6.10 Å². The van der Waals surface area contributed by atoms with Crippen molar-refractivity contribution in [2.45, 2.75) is 19.1 Å². The van der Waals surface area contributed by atoms with Gasteiger partial charge in [-0.2, -0.15) is 0 Å². The van der Waals surface area contributed by atoms with Crippen molar-refractivity contribution in [3.05, 3.63) is 35.9 Å². The molecule has 86 valence electrons. The summed E-state index contributed by atoms with van der Waals surface area (Å²) in [6.45, 7) is 2.63. The van der Waals surface area contributed by atoms with Crippen LogP contribution in [0, 0.1) is 0 Å². The zero-order valence-electron chi connectivity index (χ0n) is 9.13. The minimum absolute atomic E-state index is 0.0405. The fourth-order valence-electron chi connectivity index (χ4n) is 2.04. The Morgan fingerprint density at radius 3 is 2.88 bits per heavy atom. The van der Waals surface area contributed by atoms with Crippen molar-refractivity contribution in [3.63, 3.8) is 0 Å². The Morgan fingerprint density at radius 2 is 2.19 bits per heavy atom. The van der Waals surface area contributed by atoms with Crippen LogP contribution in [-0.4, -0.2) is 30.2 Å². The lowest BCUT2D eigenvalue weighted by atomic mass is 10.2. The van der Waals surface area contributed by atoms with Crippen molar-refractivity contribution in [1.29, 1.82) is 0 Å². The quantitative estimate of drug-likeness (QED) is 0.836. The van der Waals surface area contributed by atoms with Gasteiger partial charge in [-0.3, -0.25) is 4.90 Å². The van der Waals surface area contributed by atoms with Crippen LogP contribution in [0.1, 0.15) is 12.0 Å². The molecule has 2 rings (SSSR count). The van der Waals surface area contributed by atoms with Crippen molar-refractivity contribution in [3.8, 4) is 0 Å². The second-order valence-corrected chi connectivity index (χ2v) is 4.07. The van der Waals surface area contributed by atoms with E-state index in [0.29, 0.717) is 0 Å². The van der Waals surface area contributed by atoms with Crippen LogP contribution in [0.15, 0.2) is 30.3 Å². The molecule has 1 aliphatic rings. The normalized spacial score (nSPS) is 20.9. The number of primary amides is 1. The summed E-state index contributed by atoms with van der Waals surface area (Å²) in [7, 11) is 0. The van der Waals surface area contributed by atoms with Crippen LogP contribution in [0.4, 0.5) is 4.79 Å². The lowest BCUT2D eigenvalue weighted by Gasteiger charge is -2.15. The molecule has 1 aromatic rings. The predicted molar refractivity (Wildman–Crippen MR) is 60.8 cm³/mol. The average Bonchev–Trinajstić information content (AvgIpc) is 2.66. The molecule has 1 aliphatic heterocycles. The number of likely N-dealkylation sites (tertiary alicyclic amines) is 1. The number of nitrogens with two attached hydrogens (primary N) is 1. The monoisotopic (exact) mass is 220 g/mol. The van der Waals surface area contributed by atoms with E-state index in [9.17, 15) is 4.79 Å². The first-order chi connectivity index (χ1) is 7.74. The molecule has 0 saturated carbocycles. The summed E-state index contributed by atoms with van der Waals surface area (Å²) in [4.78, 5) is 12.9. The standard InChI is InChI=1S/C12H16N2O2/c13-12(15)16-11-6-7-14(9-11)8-10-4-2-1-3-5-10/h1-5,11H,6-9H2,(H2,13,15)/t11-/m0/s1. The van der Waals surface area contributed by atoms with E-state index in [1.165, 1.54) is 5.56 Å². The number of hydrogen-bond acceptors (Lipinski definition) is 3. The van der Waals surface area contributed by atoms with E-state index in [1.807, 2.05) is 18.2 Å². The third-order valence-corrected chi connectivity index (χ3v) is 2.76. The maximum Gasteiger partial charge on any atom is 0.404 e. The van der Waals surface area contributed by atoms with Crippen LogP contribution in [0.2, 0.25) is 0 Å². The molecule has 4 nitrogen and oxygen atoms in total. The molecule has 1 atom stereocenters. The van der Waals surface area contributed by atoms with Gasteiger partial charge in [-0.1, -0.05) is 30.3 Å². The SMILES string of the molecule is NC(=O)O[C@H]1CCN(Cc2ccccc2)C1. The molecule has 16 heavy (non-hydrogen) atoms. The molecule has 4 heteroatoms. The van der Waals surface area contributed by atoms with Gasteiger partial charge in [-0.25, -0.2) is 4.79 Å². The zero-order valence-corrected chi connectivity index (χ0v) is 9.13. The third-order valence-electron chi connectivity index (χ3n) is 2.76. The smallest absolute Gasteiger partial charge is 0.404 e. The van der Waals surface area contributed by atoms with Crippen LogP contribution in [0.25, 0.3) is 0 Å². The lowest BCUT2D eigenvalue weighted by molar-refractivity contribution is 0.109. The Bertz CT molecular complexity index is 353. The first-order valence-electron chi connectivity index (χ1n) is 5.46. The number of ether oxygens (including phenoxy) is 1. The van der Waals surface area contributed by atoms with Gasteiger partial charge in [0.1, 0.15) is 6.10 Å². The summed E-state index contributed by atoms with van der Waals surface area (Å²) < 4.78 is 4.98. The Hall–Kier alpha value is -1.55. The number of hydrogen-bond donors (Lipinski definition) is 1. The second kappa shape index (κ2) is 4.99. The molecular weight excluding hydrogens is 204 g/mol. The van der Waals surface area contributed by atoms with Crippen molar-refractivity contribution in [2.24, 2.45) is 5.73 Å². The Morgan fingerprint density at radius 1 is 1.44 bits per heavy atom. The molecule has 0 aromatic heterocycles. The number of rotatable bonds is 3. The predicted octanol–water partition coefficient (Wildman–Crippen LogP) is 1.36. The number of carbonyl (C=O) groups is 1. The van der Waals surface area contributed by atoms with E-state index in [1.54, 1.807) is 0 Å². The van der Waals surface area contributed by atoms with E-state index in [0.717, 1.165) is 26.1 Å². The fraction of sp³-hybridized carbons (Fsp3) is 0.417. The van der Waals surface area contributed by atoms with Crippen LogP contribution in [0.3, 0.4) is 0 Å². The number of amides is 1. The lowest BCUT2D eigenvalue weighted by Crippen LogP contribution is -2.26. The molecule has 1 saturated heterocycles. The largest absolute Gasteiger partial charge is 0.445 e. The molecule has 1 aromatic carbocycles. The minimum atomic E-state index is -0.674. The molecule has 0 aliphatic carbocycles. The molecule has 0 radical (unpaired) electrons. The maximum atomic E-state index is 10.6. The van der Waals surface area contributed by atoms with Crippen molar-refractivity contribution >= 4 is 6.09 Å². The summed E-state index contributed by atoms with van der Waals surface area (Å²) >= 11 is 0.